The SMILES string of the molecule is CC(C(=O)Nc1ccc(F)c(F)c1)N1CCN(Cc2csc(-c3ccccc3)n2)CC1. The largest absolute Gasteiger partial charge is 0.325 e. The summed E-state index contributed by atoms with van der Waals surface area (Å²) in [5, 5.41) is 5.80. The first-order valence-electron chi connectivity index (χ1n) is 10.2. The summed E-state index contributed by atoms with van der Waals surface area (Å²) in [6.45, 7) is 5.79. The third-order valence-corrected chi connectivity index (χ3v) is 6.42. The lowest BCUT2D eigenvalue weighted by molar-refractivity contribution is -0.121. The standard InChI is InChI=1S/C23H24F2N4OS/c1-16(22(30)26-18-7-8-20(24)21(25)13-18)29-11-9-28(10-12-29)14-19-15-31-23(27-19)17-5-3-2-4-6-17/h2-8,13,15-16H,9-12,14H2,1H3,(H,26,30). The number of thiazole rings is 1. The van der Waals surface area contributed by atoms with Crippen LogP contribution in [0.4, 0.5) is 14.5 Å². The van der Waals surface area contributed by atoms with Gasteiger partial charge < -0.3 is 5.32 Å². The summed E-state index contributed by atoms with van der Waals surface area (Å²) < 4.78 is 26.4. The van der Waals surface area contributed by atoms with Crippen molar-refractivity contribution in [1.29, 1.82) is 0 Å². The van der Waals surface area contributed by atoms with Gasteiger partial charge in [-0.1, -0.05) is 30.3 Å². The lowest BCUT2D eigenvalue weighted by Gasteiger charge is -2.37. The van der Waals surface area contributed by atoms with E-state index in [1.54, 1.807) is 11.3 Å². The monoisotopic (exact) mass is 442 g/mol. The Kier molecular flexibility index (Phi) is 6.70. The fourth-order valence-electron chi connectivity index (χ4n) is 3.62. The van der Waals surface area contributed by atoms with Crippen LogP contribution >= 0.6 is 11.3 Å². The maximum atomic E-state index is 13.4. The summed E-state index contributed by atoms with van der Waals surface area (Å²) >= 11 is 1.65. The van der Waals surface area contributed by atoms with E-state index in [0.717, 1.165) is 61.1 Å². The van der Waals surface area contributed by atoms with Crippen molar-refractivity contribution in [3.8, 4) is 10.6 Å². The highest BCUT2D eigenvalue weighted by atomic mass is 32.1. The van der Waals surface area contributed by atoms with Crippen molar-refractivity contribution in [2.75, 3.05) is 31.5 Å². The van der Waals surface area contributed by atoms with Crippen molar-refractivity contribution in [3.05, 3.63) is 71.2 Å². The number of halogens is 2. The van der Waals surface area contributed by atoms with Crippen molar-refractivity contribution in [2.45, 2.75) is 19.5 Å². The number of hydrogen-bond acceptors (Lipinski definition) is 5. The van der Waals surface area contributed by atoms with Gasteiger partial charge in [0.15, 0.2) is 11.6 Å². The molecule has 1 amide bonds. The van der Waals surface area contributed by atoms with Crippen LogP contribution < -0.4 is 5.32 Å². The first-order chi connectivity index (χ1) is 15.0. The van der Waals surface area contributed by atoms with E-state index >= 15 is 0 Å². The maximum absolute atomic E-state index is 13.4. The number of anilines is 1. The van der Waals surface area contributed by atoms with Crippen LogP contribution in [0.1, 0.15) is 12.6 Å². The topological polar surface area (TPSA) is 48.5 Å². The van der Waals surface area contributed by atoms with E-state index in [1.807, 2.05) is 25.1 Å². The minimum atomic E-state index is -0.975. The van der Waals surface area contributed by atoms with Gasteiger partial charge >= 0.3 is 0 Å². The van der Waals surface area contributed by atoms with Crippen LogP contribution in [0.15, 0.2) is 53.9 Å². The molecule has 2 heterocycles. The minimum Gasteiger partial charge on any atom is -0.325 e. The second kappa shape index (κ2) is 9.64. The molecule has 1 N–H and O–H groups in total. The first kappa shape index (κ1) is 21.5. The van der Waals surface area contributed by atoms with Crippen molar-refractivity contribution in [3.63, 3.8) is 0 Å². The maximum Gasteiger partial charge on any atom is 0.241 e. The second-order valence-electron chi connectivity index (χ2n) is 7.62. The number of amides is 1. The van der Waals surface area contributed by atoms with Gasteiger partial charge in [0.25, 0.3) is 0 Å². The molecule has 0 bridgehead atoms. The molecule has 8 heteroatoms. The normalized spacial score (nSPS) is 16.2. The fourth-order valence-corrected chi connectivity index (χ4v) is 4.43. The molecule has 1 aliphatic rings. The zero-order valence-electron chi connectivity index (χ0n) is 17.2. The van der Waals surface area contributed by atoms with Gasteiger partial charge in [0.2, 0.25) is 5.91 Å². The van der Waals surface area contributed by atoms with Gasteiger partial charge in [-0.05, 0) is 19.1 Å². The van der Waals surface area contributed by atoms with Crippen LogP contribution in [0.5, 0.6) is 0 Å². The highest BCUT2D eigenvalue weighted by molar-refractivity contribution is 7.13. The van der Waals surface area contributed by atoms with Crippen LogP contribution in [0.25, 0.3) is 10.6 Å². The molecule has 0 radical (unpaired) electrons. The summed E-state index contributed by atoms with van der Waals surface area (Å²) in [5.74, 6) is -2.14. The van der Waals surface area contributed by atoms with Crippen LogP contribution in [0.2, 0.25) is 0 Å². The van der Waals surface area contributed by atoms with Gasteiger partial charge in [-0.15, -0.1) is 11.3 Å². The van der Waals surface area contributed by atoms with Gasteiger partial charge in [-0.3, -0.25) is 14.6 Å². The third-order valence-electron chi connectivity index (χ3n) is 5.48. The average molecular weight is 443 g/mol. The van der Waals surface area contributed by atoms with E-state index in [1.165, 1.54) is 6.07 Å². The van der Waals surface area contributed by atoms with E-state index in [0.29, 0.717) is 0 Å². The van der Waals surface area contributed by atoms with E-state index in [4.69, 9.17) is 4.98 Å². The molecule has 4 rings (SSSR count). The van der Waals surface area contributed by atoms with Gasteiger partial charge in [-0.2, -0.15) is 0 Å². The average Bonchev–Trinajstić information content (AvgIpc) is 3.25. The van der Waals surface area contributed by atoms with Crippen molar-refractivity contribution >= 4 is 22.9 Å². The Morgan fingerprint density at radius 1 is 1.10 bits per heavy atom. The van der Waals surface area contributed by atoms with Gasteiger partial charge in [0, 0.05) is 55.4 Å². The molecule has 1 aromatic heterocycles. The molecule has 1 atom stereocenters. The van der Waals surface area contributed by atoms with Crippen molar-refractivity contribution in [1.82, 2.24) is 14.8 Å². The minimum absolute atomic E-state index is 0.230. The van der Waals surface area contributed by atoms with E-state index in [9.17, 15) is 13.6 Å². The first-order valence-corrected chi connectivity index (χ1v) is 11.1. The molecule has 1 aliphatic heterocycles. The van der Waals surface area contributed by atoms with Gasteiger partial charge in [0.05, 0.1) is 11.7 Å². The molecule has 31 heavy (non-hydrogen) atoms. The summed E-state index contributed by atoms with van der Waals surface area (Å²) in [4.78, 5) is 21.7. The Bertz CT molecular complexity index is 1040. The van der Waals surface area contributed by atoms with Gasteiger partial charge in [-0.25, -0.2) is 13.8 Å². The number of hydrogen-bond donors (Lipinski definition) is 1. The number of benzene rings is 2. The van der Waals surface area contributed by atoms with E-state index < -0.39 is 11.6 Å². The Hall–Kier alpha value is -2.68. The molecular weight excluding hydrogens is 418 g/mol. The molecule has 1 unspecified atom stereocenters. The summed E-state index contributed by atoms with van der Waals surface area (Å²) in [5.41, 5.74) is 2.44. The Labute approximate surface area is 184 Å². The summed E-state index contributed by atoms with van der Waals surface area (Å²) in [6.07, 6.45) is 0. The molecule has 2 aromatic carbocycles. The molecular formula is C23H24F2N4OS. The Balaban J connectivity index is 1.27. The number of rotatable bonds is 6. The highest BCUT2D eigenvalue weighted by Gasteiger charge is 2.26. The van der Waals surface area contributed by atoms with Crippen LogP contribution in [-0.4, -0.2) is 52.9 Å². The lowest BCUT2D eigenvalue weighted by Crippen LogP contribution is -2.52. The van der Waals surface area contributed by atoms with Crippen LogP contribution in [0, 0.1) is 11.6 Å². The molecule has 5 nitrogen and oxygen atoms in total. The fraction of sp³-hybridized carbons (Fsp3) is 0.304. The predicted octanol–water partition coefficient (Wildman–Crippen LogP) is 4.23. The zero-order valence-corrected chi connectivity index (χ0v) is 18.0. The Morgan fingerprint density at radius 2 is 1.84 bits per heavy atom. The number of nitrogens with zero attached hydrogens (tertiary/aromatic N) is 3. The predicted molar refractivity (Wildman–Crippen MR) is 119 cm³/mol. The molecule has 1 saturated heterocycles. The Morgan fingerprint density at radius 3 is 2.55 bits per heavy atom. The third kappa shape index (κ3) is 5.33. The van der Waals surface area contributed by atoms with Gasteiger partial charge in [0.1, 0.15) is 5.01 Å². The summed E-state index contributed by atoms with van der Waals surface area (Å²) in [6, 6.07) is 13.2. The number of carbonyl (C=O) groups is 1. The highest BCUT2D eigenvalue weighted by Crippen LogP contribution is 2.24. The molecule has 162 valence electrons. The van der Waals surface area contributed by atoms with Crippen molar-refractivity contribution < 1.29 is 13.6 Å². The smallest absolute Gasteiger partial charge is 0.241 e. The van der Waals surface area contributed by atoms with Crippen LogP contribution in [-0.2, 0) is 11.3 Å². The van der Waals surface area contributed by atoms with E-state index in [-0.39, 0.29) is 17.6 Å². The molecule has 0 spiro atoms. The van der Waals surface area contributed by atoms with Crippen LogP contribution in [0.3, 0.4) is 0 Å². The number of carbonyl (C=O) groups excluding carboxylic acids is 1. The van der Waals surface area contributed by atoms with E-state index in [2.05, 4.69) is 32.6 Å². The van der Waals surface area contributed by atoms with Crippen molar-refractivity contribution in [2.24, 2.45) is 0 Å². The number of piperazine rings is 1. The quantitative estimate of drug-likeness (QED) is 0.621. The zero-order chi connectivity index (χ0) is 21.8. The molecule has 3 aromatic rings. The second-order valence-corrected chi connectivity index (χ2v) is 8.47. The number of aromatic nitrogens is 1. The lowest BCUT2D eigenvalue weighted by atomic mass is 10.2. The number of nitrogens with one attached hydrogen (secondary N) is 1. The molecule has 0 saturated carbocycles. The molecule has 1 fully saturated rings. The molecule has 0 aliphatic carbocycles. The summed E-state index contributed by atoms with van der Waals surface area (Å²) in [7, 11) is 0.